The van der Waals surface area contributed by atoms with Gasteiger partial charge in [0.2, 0.25) is 0 Å². The quantitative estimate of drug-likeness (QED) is 0.800. The van der Waals surface area contributed by atoms with E-state index in [4.69, 9.17) is 4.74 Å². The average Bonchev–Trinajstić information content (AvgIpc) is 2.33. The van der Waals surface area contributed by atoms with Crippen LogP contribution in [0.5, 0.6) is 5.75 Å². The maximum absolute atomic E-state index is 11.6. The summed E-state index contributed by atoms with van der Waals surface area (Å²) in [6.45, 7) is 1.83. The molecule has 0 saturated heterocycles. The minimum absolute atomic E-state index is 0.0190. The van der Waals surface area contributed by atoms with Crippen molar-refractivity contribution in [1.82, 2.24) is 0 Å². The number of fused-ring (bicyclic) bond motifs is 1. The number of aromatic hydroxyl groups is 1. The number of phenols is 1. The Morgan fingerprint density at radius 3 is 2.56 bits per heavy atom. The standard InChI is InChI=1S/C13H10O5/c1-2-18-13(17)7-5-8-9(14)3-4-10(15)12(8)11(16)6-7/h3-6,16H,2H2,1H3. The van der Waals surface area contributed by atoms with E-state index in [-0.39, 0.29) is 23.3 Å². The van der Waals surface area contributed by atoms with Crippen LogP contribution in [-0.2, 0) is 4.74 Å². The van der Waals surface area contributed by atoms with Crippen LogP contribution in [0.15, 0.2) is 24.3 Å². The Bertz CT molecular complexity index is 583. The Morgan fingerprint density at radius 1 is 1.22 bits per heavy atom. The van der Waals surface area contributed by atoms with Crippen LogP contribution in [0.25, 0.3) is 0 Å². The first kappa shape index (κ1) is 12.0. The molecule has 1 aliphatic carbocycles. The van der Waals surface area contributed by atoms with Crippen LogP contribution < -0.4 is 0 Å². The lowest BCUT2D eigenvalue weighted by Gasteiger charge is -2.12. The molecular formula is C13H10O5. The zero-order chi connectivity index (χ0) is 13.3. The van der Waals surface area contributed by atoms with Crippen molar-refractivity contribution < 1.29 is 24.2 Å². The minimum atomic E-state index is -0.648. The Kier molecular flexibility index (Phi) is 2.97. The molecule has 0 saturated carbocycles. The maximum Gasteiger partial charge on any atom is 0.338 e. The van der Waals surface area contributed by atoms with Crippen molar-refractivity contribution >= 4 is 17.5 Å². The molecule has 0 aromatic heterocycles. The molecule has 0 unspecified atom stereocenters. The Morgan fingerprint density at radius 2 is 1.89 bits per heavy atom. The van der Waals surface area contributed by atoms with Crippen molar-refractivity contribution in [1.29, 1.82) is 0 Å². The third-order valence-electron chi connectivity index (χ3n) is 2.53. The number of carbonyl (C=O) groups excluding carboxylic acids is 3. The van der Waals surface area contributed by atoms with Gasteiger partial charge in [0.25, 0.3) is 0 Å². The number of allylic oxidation sites excluding steroid dienone is 2. The first-order valence-corrected chi connectivity index (χ1v) is 5.35. The van der Waals surface area contributed by atoms with Gasteiger partial charge in [0, 0.05) is 5.56 Å². The zero-order valence-electron chi connectivity index (χ0n) is 9.60. The summed E-state index contributed by atoms with van der Waals surface area (Å²) in [6.07, 6.45) is 2.20. The second kappa shape index (κ2) is 4.44. The third kappa shape index (κ3) is 1.90. The third-order valence-corrected chi connectivity index (χ3v) is 2.53. The lowest BCUT2D eigenvalue weighted by Crippen LogP contribution is -2.14. The van der Waals surface area contributed by atoms with E-state index in [1.165, 1.54) is 6.07 Å². The molecule has 1 N–H and O–H groups in total. The molecule has 1 aliphatic rings. The molecule has 0 heterocycles. The summed E-state index contributed by atoms with van der Waals surface area (Å²) in [5.74, 6) is -1.92. The summed E-state index contributed by atoms with van der Waals surface area (Å²) >= 11 is 0. The van der Waals surface area contributed by atoms with Gasteiger partial charge in [0.05, 0.1) is 17.7 Å². The molecule has 0 atom stereocenters. The fourth-order valence-corrected chi connectivity index (χ4v) is 1.74. The van der Waals surface area contributed by atoms with Gasteiger partial charge in [-0.15, -0.1) is 0 Å². The molecule has 0 bridgehead atoms. The van der Waals surface area contributed by atoms with Gasteiger partial charge in [-0.1, -0.05) is 0 Å². The largest absolute Gasteiger partial charge is 0.507 e. The fraction of sp³-hybridized carbons (Fsp3) is 0.154. The van der Waals surface area contributed by atoms with Gasteiger partial charge in [-0.05, 0) is 31.2 Å². The second-order valence-corrected chi connectivity index (χ2v) is 3.70. The van der Waals surface area contributed by atoms with E-state index in [1.54, 1.807) is 6.92 Å². The summed E-state index contributed by atoms with van der Waals surface area (Å²) in [6, 6.07) is 2.39. The van der Waals surface area contributed by atoms with Crippen LogP contribution >= 0.6 is 0 Å². The molecule has 18 heavy (non-hydrogen) atoms. The van der Waals surface area contributed by atoms with E-state index in [0.29, 0.717) is 0 Å². The van der Waals surface area contributed by atoms with Crippen molar-refractivity contribution in [2.45, 2.75) is 6.92 Å². The summed E-state index contributed by atoms with van der Waals surface area (Å²) in [4.78, 5) is 34.7. The van der Waals surface area contributed by atoms with Gasteiger partial charge in [-0.2, -0.15) is 0 Å². The smallest absolute Gasteiger partial charge is 0.338 e. The molecule has 1 aromatic rings. The van der Waals surface area contributed by atoms with Gasteiger partial charge >= 0.3 is 5.97 Å². The first-order chi connectivity index (χ1) is 8.54. The number of hydrogen-bond acceptors (Lipinski definition) is 5. The normalized spacial score (nSPS) is 13.4. The topological polar surface area (TPSA) is 80.7 Å². The van der Waals surface area contributed by atoms with E-state index in [0.717, 1.165) is 18.2 Å². The highest BCUT2D eigenvalue weighted by molar-refractivity contribution is 6.23. The summed E-state index contributed by atoms with van der Waals surface area (Å²) < 4.78 is 4.77. The Balaban J connectivity index is 2.56. The highest BCUT2D eigenvalue weighted by atomic mass is 16.5. The molecule has 5 heteroatoms. The molecule has 0 spiro atoms. The zero-order valence-corrected chi connectivity index (χ0v) is 9.60. The molecular weight excluding hydrogens is 236 g/mol. The number of esters is 1. The van der Waals surface area contributed by atoms with Crippen LogP contribution in [0.3, 0.4) is 0 Å². The van der Waals surface area contributed by atoms with Crippen LogP contribution in [0.1, 0.15) is 38.0 Å². The van der Waals surface area contributed by atoms with Gasteiger partial charge in [0.1, 0.15) is 5.75 Å². The van der Waals surface area contributed by atoms with Crippen LogP contribution in [0, 0.1) is 0 Å². The first-order valence-electron chi connectivity index (χ1n) is 5.35. The van der Waals surface area contributed by atoms with Crippen molar-refractivity contribution in [3.63, 3.8) is 0 Å². The van der Waals surface area contributed by atoms with Crippen molar-refractivity contribution in [2.75, 3.05) is 6.61 Å². The number of carbonyl (C=O) groups is 3. The number of phenolic OH excluding ortho intramolecular Hbond substituents is 1. The Hall–Kier alpha value is -2.43. The van der Waals surface area contributed by atoms with E-state index in [1.807, 2.05) is 0 Å². The predicted molar refractivity (Wildman–Crippen MR) is 61.9 cm³/mol. The molecule has 0 radical (unpaired) electrons. The number of rotatable bonds is 2. The van der Waals surface area contributed by atoms with E-state index in [2.05, 4.69) is 0 Å². The van der Waals surface area contributed by atoms with Gasteiger partial charge in [-0.3, -0.25) is 9.59 Å². The number of ketones is 2. The lowest BCUT2D eigenvalue weighted by atomic mass is 9.92. The highest BCUT2D eigenvalue weighted by Crippen LogP contribution is 2.28. The monoisotopic (exact) mass is 246 g/mol. The van der Waals surface area contributed by atoms with E-state index < -0.39 is 23.3 Å². The summed E-state index contributed by atoms with van der Waals surface area (Å²) in [7, 11) is 0. The van der Waals surface area contributed by atoms with Crippen molar-refractivity contribution in [3.05, 3.63) is 41.0 Å². The molecule has 5 nitrogen and oxygen atoms in total. The van der Waals surface area contributed by atoms with Crippen molar-refractivity contribution in [3.8, 4) is 5.75 Å². The molecule has 2 rings (SSSR count). The van der Waals surface area contributed by atoms with Crippen LogP contribution in [0.2, 0.25) is 0 Å². The molecule has 1 aromatic carbocycles. The fourth-order valence-electron chi connectivity index (χ4n) is 1.74. The average molecular weight is 246 g/mol. The SMILES string of the molecule is CCOC(=O)c1cc(O)c2c(c1)C(=O)C=CC2=O. The highest BCUT2D eigenvalue weighted by Gasteiger charge is 2.25. The number of hydrogen-bond donors (Lipinski definition) is 1. The summed E-state index contributed by atoms with van der Waals surface area (Å²) in [5.41, 5.74) is -0.00866. The molecule has 0 fully saturated rings. The summed E-state index contributed by atoms with van der Waals surface area (Å²) in [5, 5.41) is 9.73. The molecule has 92 valence electrons. The van der Waals surface area contributed by atoms with Gasteiger partial charge < -0.3 is 9.84 Å². The van der Waals surface area contributed by atoms with Gasteiger partial charge in [0.15, 0.2) is 11.6 Å². The number of benzene rings is 1. The lowest BCUT2D eigenvalue weighted by molar-refractivity contribution is 0.0525. The molecule has 0 amide bonds. The van der Waals surface area contributed by atoms with E-state index in [9.17, 15) is 19.5 Å². The minimum Gasteiger partial charge on any atom is -0.507 e. The van der Waals surface area contributed by atoms with Gasteiger partial charge in [-0.25, -0.2) is 4.79 Å². The van der Waals surface area contributed by atoms with Crippen LogP contribution in [-0.4, -0.2) is 29.2 Å². The Labute approximate surface area is 103 Å². The maximum atomic E-state index is 11.6. The van der Waals surface area contributed by atoms with Crippen LogP contribution in [0.4, 0.5) is 0 Å². The number of ether oxygens (including phenoxy) is 1. The molecule has 0 aliphatic heterocycles. The predicted octanol–water partition coefficient (Wildman–Crippen LogP) is 1.50. The van der Waals surface area contributed by atoms with Crippen molar-refractivity contribution in [2.24, 2.45) is 0 Å². The second-order valence-electron chi connectivity index (χ2n) is 3.70. The van der Waals surface area contributed by atoms with E-state index >= 15 is 0 Å².